The van der Waals surface area contributed by atoms with Crippen molar-refractivity contribution in [2.24, 2.45) is 0 Å². The highest BCUT2D eigenvalue weighted by molar-refractivity contribution is 6.50. The van der Waals surface area contributed by atoms with Gasteiger partial charge in [0.15, 0.2) is 0 Å². The molecule has 0 aliphatic rings. The van der Waals surface area contributed by atoms with Gasteiger partial charge in [0, 0.05) is 11.1 Å². The molecule has 0 radical (unpaired) electrons. The Kier molecular flexibility index (Phi) is 4.45. The topological polar surface area (TPSA) is 79.5 Å². The standard InChI is InChI=1S/C40H21NO4/c42-30-12-6-4-10-22(30)26-18-28-35-33-24(26)16-14-20-15-17-25-27(23-11-5-7-13-31(23)43)19-29(36(35)34(25)32(20)33)38-37(28)39(44)41(40(38)45)21-8-2-1-3-9-21/h1-19,42-43H. The maximum atomic E-state index is 14.5. The van der Waals surface area contributed by atoms with Crippen LogP contribution in [-0.4, -0.2) is 14.8 Å². The number of hydrogen-bond acceptors (Lipinski definition) is 4. The second kappa shape index (κ2) is 8.24. The molecule has 0 bridgehead atoms. The van der Waals surface area contributed by atoms with Gasteiger partial charge in [-0.3, -0.25) is 9.59 Å². The van der Waals surface area contributed by atoms with E-state index in [1.165, 1.54) is 4.57 Å². The second-order valence-corrected chi connectivity index (χ2v) is 11.8. The van der Waals surface area contributed by atoms with E-state index >= 15 is 0 Å². The first-order chi connectivity index (χ1) is 22.0. The number of hydrogen-bond donors (Lipinski definition) is 2. The van der Waals surface area contributed by atoms with E-state index in [4.69, 9.17) is 0 Å². The largest absolute Gasteiger partial charge is 0.507 e. The Morgan fingerprint density at radius 2 is 0.844 bits per heavy atom. The lowest BCUT2D eigenvalue weighted by Gasteiger charge is -2.13. The van der Waals surface area contributed by atoms with Gasteiger partial charge < -0.3 is 10.2 Å². The Morgan fingerprint density at radius 1 is 0.400 bits per heavy atom. The molecule has 0 saturated carbocycles. The summed E-state index contributed by atoms with van der Waals surface area (Å²) in [6.45, 7) is 0. The lowest BCUT2D eigenvalue weighted by atomic mass is 9.89. The van der Waals surface area contributed by atoms with Crippen LogP contribution in [0.4, 0.5) is 0 Å². The van der Waals surface area contributed by atoms with Crippen LogP contribution in [0.5, 0.6) is 11.5 Å². The second-order valence-electron chi connectivity index (χ2n) is 11.8. The van der Waals surface area contributed by atoms with Gasteiger partial charge in [0.25, 0.3) is 11.1 Å². The smallest absolute Gasteiger partial charge is 0.266 e. The molecule has 0 unspecified atom stereocenters. The van der Waals surface area contributed by atoms with E-state index in [1.807, 2.05) is 54.6 Å². The molecule has 0 amide bonds. The molecule has 0 fully saturated rings. The van der Waals surface area contributed by atoms with Gasteiger partial charge in [-0.1, -0.05) is 78.9 Å². The first kappa shape index (κ1) is 24.3. The highest BCUT2D eigenvalue weighted by Gasteiger charge is 2.30. The Bertz CT molecular complexity index is 2750. The fraction of sp³-hybridized carbons (Fsp3) is 0. The number of fused-ring (bicyclic) bond motifs is 3. The van der Waals surface area contributed by atoms with E-state index in [2.05, 4.69) is 24.3 Å². The zero-order valence-corrected chi connectivity index (χ0v) is 23.6. The molecule has 45 heavy (non-hydrogen) atoms. The summed E-state index contributed by atoms with van der Waals surface area (Å²) in [7, 11) is 0. The van der Waals surface area contributed by atoms with E-state index in [-0.39, 0.29) is 22.6 Å². The summed E-state index contributed by atoms with van der Waals surface area (Å²) in [5, 5.41) is 32.0. The van der Waals surface area contributed by atoms with Gasteiger partial charge in [-0.2, -0.15) is 0 Å². The van der Waals surface area contributed by atoms with Crippen LogP contribution in [0.15, 0.2) is 125 Å². The SMILES string of the molecule is O=c1c2c3cc(-c4ccccc4O)c4ccc5ccc6c(-c7ccccc7O)cc(c2c(=O)n1-c1ccccc1)c1c6c5c4c31. The molecular weight excluding hydrogens is 558 g/mol. The van der Waals surface area contributed by atoms with Crippen molar-refractivity contribution in [1.82, 2.24) is 4.57 Å². The molecule has 5 heteroatoms. The van der Waals surface area contributed by atoms with E-state index in [1.54, 1.807) is 36.4 Å². The molecule has 0 aliphatic heterocycles. The minimum absolute atomic E-state index is 0.140. The van der Waals surface area contributed by atoms with Crippen LogP contribution in [-0.2, 0) is 0 Å². The number of phenols is 2. The fourth-order valence-electron chi connectivity index (χ4n) is 7.85. The maximum Gasteiger partial charge on any atom is 0.266 e. The zero-order valence-electron chi connectivity index (χ0n) is 23.6. The Labute approximate surface area is 254 Å². The molecule has 0 atom stereocenters. The van der Waals surface area contributed by atoms with E-state index < -0.39 is 0 Å². The minimum atomic E-state index is -0.377. The Balaban J connectivity index is 1.55. The van der Waals surface area contributed by atoms with Crippen LogP contribution in [0.1, 0.15) is 0 Å². The number of nitrogens with zero attached hydrogens (tertiary/aromatic N) is 1. The molecule has 0 aliphatic carbocycles. The summed E-state index contributed by atoms with van der Waals surface area (Å²) in [6, 6.07) is 35.8. The summed E-state index contributed by atoms with van der Waals surface area (Å²) in [6.07, 6.45) is 0. The molecule has 210 valence electrons. The van der Waals surface area contributed by atoms with E-state index in [0.29, 0.717) is 38.4 Å². The van der Waals surface area contributed by atoms with E-state index in [0.717, 1.165) is 54.2 Å². The van der Waals surface area contributed by atoms with Gasteiger partial charge in [-0.05, 0) is 101 Å². The molecule has 10 rings (SSSR count). The van der Waals surface area contributed by atoms with Crippen molar-refractivity contribution in [1.29, 1.82) is 0 Å². The quantitative estimate of drug-likeness (QED) is 0.205. The van der Waals surface area contributed by atoms with Crippen LogP contribution >= 0.6 is 0 Å². The molecule has 1 aromatic heterocycles. The third kappa shape index (κ3) is 2.88. The van der Waals surface area contributed by atoms with Crippen molar-refractivity contribution < 1.29 is 10.2 Å². The third-order valence-corrected chi connectivity index (χ3v) is 9.66. The highest BCUT2D eigenvalue weighted by atomic mass is 16.3. The van der Waals surface area contributed by atoms with Crippen LogP contribution in [0, 0.1) is 0 Å². The molecule has 5 nitrogen and oxygen atoms in total. The van der Waals surface area contributed by atoms with Gasteiger partial charge in [-0.25, -0.2) is 4.57 Å². The third-order valence-electron chi connectivity index (χ3n) is 9.66. The maximum absolute atomic E-state index is 14.5. The van der Waals surface area contributed by atoms with Gasteiger partial charge in [0.05, 0.1) is 16.5 Å². The summed E-state index contributed by atoms with van der Waals surface area (Å²) >= 11 is 0. The number of rotatable bonds is 3. The first-order valence-corrected chi connectivity index (χ1v) is 14.8. The lowest BCUT2D eigenvalue weighted by molar-refractivity contribution is 0.477. The Hall–Kier alpha value is -6.20. The van der Waals surface area contributed by atoms with Crippen molar-refractivity contribution >= 4 is 64.6 Å². The number of benzene rings is 8. The molecule has 10 aromatic rings. The van der Waals surface area contributed by atoms with Gasteiger partial charge in [0.1, 0.15) is 11.5 Å². The van der Waals surface area contributed by atoms with E-state index in [9.17, 15) is 19.8 Å². The number of phenolic OH excluding ortho intramolecular Hbond substituents is 2. The summed E-state index contributed by atoms with van der Waals surface area (Å²) < 4.78 is 1.27. The van der Waals surface area contributed by atoms with Gasteiger partial charge in [-0.15, -0.1) is 0 Å². The number of aromatic nitrogens is 1. The van der Waals surface area contributed by atoms with Gasteiger partial charge >= 0.3 is 0 Å². The molecule has 0 saturated heterocycles. The first-order valence-electron chi connectivity index (χ1n) is 14.8. The predicted molar refractivity (Wildman–Crippen MR) is 182 cm³/mol. The van der Waals surface area contributed by atoms with Crippen LogP contribution < -0.4 is 11.1 Å². The normalized spacial score (nSPS) is 12.4. The number of para-hydroxylation sites is 3. The van der Waals surface area contributed by atoms with Crippen LogP contribution in [0.25, 0.3) is 92.6 Å². The lowest BCUT2D eigenvalue weighted by Crippen LogP contribution is -2.23. The zero-order chi connectivity index (χ0) is 30.1. The van der Waals surface area contributed by atoms with Crippen molar-refractivity contribution in [2.45, 2.75) is 0 Å². The Morgan fingerprint density at radius 3 is 1.33 bits per heavy atom. The highest BCUT2D eigenvalue weighted by Crippen LogP contribution is 2.54. The monoisotopic (exact) mass is 579 g/mol. The van der Waals surface area contributed by atoms with Crippen LogP contribution in [0.3, 0.4) is 0 Å². The molecule has 1 heterocycles. The minimum Gasteiger partial charge on any atom is -0.507 e. The van der Waals surface area contributed by atoms with Gasteiger partial charge in [0.2, 0.25) is 0 Å². The predicted octanol–water partition coefficient (Wildman–Crippen LogP) is 8.61. The fourth-order valence-corrected chi connectivity index (χ4v) is 7.85. The average molecular weight is 580 g/mol. The summed E-state index contributed by atoms with van der Waals surface area (Å²) in [5.74, 6) is 0.280. The van der Waals surface area contributed by atoms with Crippen LogP contribution in [0.2, 0.25) is 0 Å². The molecule has 2 N–H and O–H groups in total. The number of aromatic hydroxyl groups is 2. The average Bonchev–Trinajstić information content (AvgIpc) is 3.56. The summed E-state index contributed by atoms with van der Waals surface area (Å²) in [5.41, 5.74) is 2.65. The van der Waals surface area contributed by atoms with Crippen molar-refractivity contribution in [3.63, 3.8) is 0 Å². The molecule has 0 spiro atoms. The van der Waals surface area contributed by atoms with Crippen molar-refractivity contribution in [2.75, 3.05) is 0 Å². The molecular formula is C40H21NO4. The van der Waals surface area contributed by atoms with Crippen molar-refractivity contribution in [3.8, 4) is 39.4 Å². The summed E-state index contributed by atoms with van der Waals surface area (Å²) in [4.78, 5) is 29.0. The molecule has 9 aromatic carbocycles. The van der Waals surface area contributed by atoms with Crippen molar-refractivity contribution in [3.05, 3.63) is 136 Å².